The molecule has 0 spiro atoms. The van der Waals surface area contributed by atoms with E-state index in [1.807, 2.05) is 26.2 Å². The van der Waals surface area contributed by atoms with E-state index in [2.05, 4.69) is 33.9 Å². The number of aromatic nitrogens is 1. The predicted molar refractivity (Wildman–Crippen MR) is 62.0 cm³/mol. The third-order valence-electron chi connectivity index (χ3n) is 2.13. The van der Waals surface area contributed by atoms with Crippen molar-refractivity contribution >= 4 is 23.5 Å². The van der Waals surface area contributed by atoms with Crippen molar-refractivity contribution in [2.45, 2.75) is 0 Å². The van der Waals surface area contributed by atoms with Crippen LogP contribution in [0.15, 0.2) is 29.3 Å². The van der Waals surface area contributed by atoms with Crippen molar-refractivity contribution in [2.24, 2.45) is 12.0 Å². The van der Waals surface area contributed by atoms with Gasteiger partial charge in [0.1, 0.15) is 0 Å². The first-order valence-corrected chi connectivity index (χ1v) is 5.28. The molecule has 0 radical (unpaired) electrons. The summed E-state index contributed by atoms with van der Waals surface area (Å²) in [6.45, 7) is 0. The van der Waals surface area contributed by atoms with Gasteiger partial charge in [0.05, 0.1) is 10.6 Å². The van der Waals surface area contributed by atoms with E-state index < -0.39 is 0 Å². The molecule has 0 unspecified atom stereocenters. The largest absolute Gasteiger partial charge is 0.320 e. The summed E-state index contributed by atoms with van der Waals surface area (Å²) in [6, 6.07) is 0. The maximum atomic E-state index is 4.23. The maximum absolute atomic E-state index is 4.23. The molecule has 0 saturated heterocycles. The van der Waals surface area contributed by atoms with E-state index in [4.69, 9.17) is 0 Å². The maximum Gasteiger partial charge on any atom is 0.185 e. The normalized spacial score (nSPS) is 20.0. The van der Waals surface area contributed by atoms with Crippen molar-refractivity contribution in [1.82, 2.24) is 4.57 Å². The zero-order valence-electron chi connectivity index (χ0n) is 8.27. The summed E-state index contributed by atoms with van der Waals surface area (Å²) in [5.74, 6) is 0. The van der Waals surface area contributed by atoms with Gasteiger partial charge in [-0.3, -0.25) is 4.99 Å². The van der Waals surface area contributed by atoms with E-state index in [1.165, 1.54) is 10.6 Å². The number of hydrogen-bond donors (Lipinski definition) is 0. The van der Waals surface area contributed by atoms with Gasteiger partial charge in [0.15, 0.2) is 4.80 Å². The zero-order valence-corrected chi connectivity index (χ0v) is 9.08. The predicted octanol–water partition coefficient (Wildman–Crippen LogP) is 2.21. The quantitative estimate of drug-likeness (QED) is 0.616. The SMILES string of the molecule is CN=c1sc2c(n1C)/C=C\C=C/C=C2. The van der Waals surface area contributed by atoms with Crippen LogP contribution in [0.2, 0.25) is 0 Å². The Kier molecular flexibility index (Phi) is 2.50. The van der Waals surface area contributed by atoms with Crippen LogP contribution in [0, 0.1) is 0 Å². The van der Waals surface area contributed by atoms with Gasteiger partial charge in [0, 0.05) is 14.1 Å². The molecule has 0 saturated carbocycles. The summed E-state index contributed by atoms with van der Waals surface area (Å²) in [5, 5.41) is 0. The molecule has 1 heterocycles. The van der Waals surface area contributed by atoms with E-state index >= 15 is 0 Å². The van der Waals surface area contributed by atoms with E-state index in [9.17, 15) is 0 Å². The standard InChI is InChI=1S/C11H12N2S/c1-12-11-13(2)9-7-5-3-4-6-8-10(9)14-11/h3-8H,1-2H3/b4-3-,5-3?,6-4?,7-5-,8-6?,9-7?,10-8?,12-11?. The number of rotatable bonds is 0. The minimum absolute atomic E-state index is 1.05. The molecule has 2 nitrogen and oxygen atoms in total. The van der Waals surface area contributed by atoms with Crippen LogP contribution < -0.4 is 4.80 Å². The molecule has 1 aromatic heterocycles. The Balaban J connectivity index is 2.69. The average Bonchev–Trinajstić information content (AvgIpc) is 2.42. The molecule has 0 fully saturated rings. The topological polar surface area (TPSA) is 17.3 Å². The van der Waals surface area contributed by atoms with Crippen molar-refractivity contribution in [3.63, 3.8) is 0 Å². The van der Waals surface area contributed by atoms with Crippen LogP contribution in [-0.4, -0.2) is 11.6 Å². The summed E-state index contributed by atoms with van der Waals surface area (Å²) in [7, 11) is 3.87. The Labute approximate surface area is 87.2 Å². The second-order valence-corrected chi connectivity index (χ2v) is 4.03. The molecule has 72 valence electrons. The van der Waals surface area contributed by atoms with Gasteiger partial charge < -0.3 is 4.57 Å². The minimum Gasteiger partial charge on any atom is -0.320 e. The van der Waals surface area contributed by atoms with Crippen LogP contribution in [0.4, 0.5) is 0 Å². The van der Waals surface area contributed by atoms with Crippen molar-refractivity contribution in [2.75, 3.05) is 7.05 Å². The molecule has 14 heavy (non-hydrogen) atoms. The second kappa shape index (κ2) is 3.80. The Morgan fingerprint density at radius 2 is 1.86 bits per heavy atom. The molecule has 0 bridgehead atoms. The third kappa shape index (κ3) is 1.51. The molecular weight excluding hydrogens is 192 g/mol. The zero-order chi connectivity index (χ0) is 9.97. The molecule has 3 heteroatoms. The van der Waals surface area contributed by atoms with Gasteiger partial charge in [-0.05, 0) is 12.2 Å². The lowest BCUT2D eigenvalue weighted by atomic mass is 10.2. The Bertz CT molecular complexity index is 484. The highest BCUT2D eigenvalue weighted by atomic mass is 32.1. The lowest BCUT2D eigenvalue weighted by molar-refractivity contribution is 0.855. The van der Waals surface area contributed by atoms with Crippen LogP contribution >= 0.6 is 11.3 Å². The van der Waals surface area contributed by atoms with E-state index in [0.29, 0.717) is 0 Å². The Morgan fingerprint density at radius 1 is 1.14 bits per heavy atom. The smallest absolute Gasteiger partial charge is 0.185 e. The fourth-order valence-electron chi connectivity index (χ4n) is 1.41. The number of allylic oxidation sites excluding steroid dienone is 4. The molecule has 0 aromatic carbocycles. The highest BCUT2D eigenvalue weighted by Crippen LogP contribution is 2.17. The van der Waals surface area contributed by atoms with Gasteiger partial charge in [-0.15, -0.1) is 0 Å². The Morgan fingerprint density at radius 3 is 2.57 bits per heavy atom. The first kappa shape index (κ1) is 9.21. The fourth-order valence-corrected chi connectivity index (χ4v) is 2.39. The van der Waals surface area contributed by atoms with Gasteiger partial charge in [-0.2, -0.15) is 0 Å². The minimum atomic E-state index is 1.05. The molecule has 1 aromatic rings. The van der Waals surface area contributed by atoms with Gasteiger partial charge >= 0.3 is 0 Å². The summed E-state index contributed by atoms with van der Waals surface area (Å²) in [6.07, 6.45) is 12.4. The summed E-state index contributed by atoms with van der Waals surface area (Å²) in [5.41, 5.74) is 1.22. The van der Waals surface area contributed by atoms with Crippen molar-refractivity contribution < 1.29 is 0 Å². The van der Waals surface area contributed by atoms with Crippen LogP contribution in [0.3, 0.4) is 0 Å². The van der Waals surface area contributed by atoms with Crippen LogP contribution in [0.5, 0.6) is 0 Å². The van der Waals surface area contributed by atoms with E-state index in [1.54, 1.807) is 11.3 Å². The first-order chi connectivity index (χ1) is 6.83. The molecule has 2 rings (SSSR count). The van der Waals surface area contributed by atoms with Gasteiger partial charge in [0.2, 0.25) is 0 Å². The number of hydrogen-bond acceptors (Lipinski definition) is 2. The fraction of sp³-hybridized carbons (Fsp3) is 0.182. The van der Waals surface area contributed by atoms with E-state index in [-0.39, 0.29) is 0 Å². The summed E-state index contributed by atoms with van der Waals surface area (Å²) in [4.78, 5) is 6.54. The number of nitrogens with zero attached hydrogens (tertiary/aromatic N) is 2. The molecule has 0 amide bonds. The second-order valence-electron chi connectivity index (χ2n) is 3.02. The summed E-state index contributed by atoms with van der Waals surface area (Å²) < 4.78 is 2.11. The van der Waals surface area contributed by atoms with Gasteiger partial charge in [0.25, 0.3) is 0 Å². The lowest BCUT2D eigenvalue weighted by Crippen LogP contribution is -2.10. The van der Waals surface area contributed by atoms with Crippen LogP contribution in [-0.2, 0) is 7.05 Å². The Hall–Kier alpha value is -1.35. The number of thiazole rings is 1. The van der Waals surface area contributed by atoms with Crippen molar-refractivity contribution in [1.29, 1.82) is 0 Å². The molecule has 1 aliphatic carbocycles. The summed E-state index contributed by atoms with van der Waals surface area (Å²) >= 11 is 1.71. The highest BCUT2D eigenvalue weighted by Gasteiger charge is 2.05. The molecule has 0 aliphatic heterocycles. The average molecular weight is 204 g/mol. The van der Waals surface area contributed by atoms with Crippen LogP contribution in [0.1, 0.15) is 10.6 Å². The number of fused-ring (bicyclic) bond motifs is 1. The van der Waals surface area contributed by atoms with Crippen molar-refractivity contribution in [3.8, 4) is 0 Å². The van der Waals surface area contributed by atoms with Gasteiger partial charge in [-0.1, -0.05) is 35.6 Å². The highest BCUT2D eigenvalue weighted by molar-refractivity contribution is 7.10. The lowest BCUT2D eigenvalue weighted by Gasteiger charge is -1.98. The van der Waals surface area contributed by atoms with Crippen molar-refractivity contribution in [3.05, 3.63) is 39.7 Å². The van der Waals surface area contributed by atoms with Gasteiger partial charge in [-0.25, -0.2) is 0 Å². The first-order valence-electron chi connectivity index (χ1n) is 4.47. The molecule has 1 aliphatic rings. The molecule has 0 atom stereocenters. The van der Waals surface area contributed by atoms with E-state index in [0.717, 1.165) is 4.80 Å². The third-order valence-corrected chi connectivity index (χ3v) is 3.33. The molecular formula is C11H12N2S. The monoisotopic (exact) mass is 204 g/mol. The van der Waals surface area contributed by atoms with Crippen LogP contribution in [0.25, 0.3) is 12.2 Å². The molecule has 0 N–H and O–H groups in total.